The SMILES string of the molecule is CC[Si](CC)(CC)CCC1=CCCCC1. The molecular formula is C14H28Si. The molecule has 0 aromatic heterocycles. The molecule has 88 valence electrons. The second-order valence-corrected chi connectivity index (χ2v) is 10.8. The normalized spacial score (nSPS) is 17.7. The Labute approximate surface area is 97.2 Å². The van der Waals surface area contributed by atoms with E-state index in [1.54, 1.807) is 11.6 Å². The monoisotopic (exact) mass is 224 g/mol. The van der Waals surface area contributed by atoms with Crippen molar-refractivity contribution in [2.24, 2.45) is 0 Å². The fourth-order valence-corrected chi connectivity index (χ4v) is 6.25. The molecule has 0 amide bonds. The number of hydrogen-bond acceptors (Lipinski definition) is 0. The molecule has 0 nitrogen and oxygen atoms in total. The van der Waals surface area contributed by atoms with Crippen molar-refractivity contribution < 1.29 is 0 Å². The number of allylic oxidation sites excluding steroid dienone is 2. The maximum absolute atomic E-state index is 2.53. The second kappa shape index (κ2) is 6.52. The maximum atomic E-state index is 2.53. The van der Waals surface area contributed by atoms with Gasteiger partial charge >= 0.3 is 0 Å². The molecule has 15 heavy (non-hydrogen) atoms. The van der Waals surface area contributed by atoms with Crippen molar-refractivity contribution in [1.82, 2.24) is 0 Å². The lowest BCUT2D eigenvalue weighted by Crippen LogP contribution is -2.30. The van der Waals surface area contributed by atoms with Crippen molar-refractivity contribution >= 4 is 8.07 Å². The summed E-state index contributed by atoms with van der Waals surface area (Å²) in [6.45, 7) is 7.28. The summed E-state index contributed by atoms with van der Waals surface area (Å²) < 4.78 is 0. The van der Waals surface area contributed by atoms with Gasteiger partial charge in [0.05, 0.1) is 8.07 Å². The van der Waals surface area contributed by atoms with E-state index in [9.17, 15) is 0 Å². The second-order valence-electron chi connectivity index (χ2n) is 5.17. The first-order valence-electron chi connectivity index (χ1n) is 6.94. The van der Waals surface area contributed by atoms with Crippen molar-refractivity contribution in [3.05, 3.63) is 11.6 Å². The minimum atomic E-state index is -0.842. The van der Waals surface area contributed by atoms with Gasteiger partial charge in [0.25, 0.3) is 0 Å². The summed E-state index contributed by atoms with van der Waals surface area (Å²) >= 11 is 0. The molecule has 0 radical (unpaired) electrons. The van der Waals surface area contributed by atoms with E-state index in [0.717, 1.165) is 0 Å². The van der Waals surface area contributed by atoms with Crippen LogP contribution in [0.1, 0.15) is 52.9 Å². The third-order valence-corrected chi connectivity index (χ3v) is 10.4. The molecule has 0 fully saturated rings. The summed E-state index contributed by atoms with van der Waals surface area (Å²) in [6.07, 6.45) is 9.60. The van der Waals surface area contributed by atoms with Crippen LogP contribution in [0.2, 0.25) is 24.2 Å². The molecule has 0 unspecified atom stereocenters. The van der Waals surface area contributed by atoms with Crippen molar-refractivity contribution in [2.75, 3.05) is 0 Å². The standard InChI is InChI=1S/C14H28Si/c1-4-15(5-2,6-3)13-12-14-10-8-7-9-11-14/h10H,4-9,11-13H2,1-3H3. The lowest BCUT2D eigenvalue weighted by atomic mass is 9.98. The zero-order chi connectivity index (χ0) is 11.1. The molecule has 1 aliphatic carbocycles. The van der Waals surface area contributed by atoms with Gasteiger partial charge in [-0.2, -0.15) is 0 Å². The minimum absolute atomic E-state index is 0.842. The molecule has 0 aromatic rings. The zero-order valence-corrected chi connectivity index (χ0v) is 11.9. The molecule has 0 saturated heterocycles. The largest absolute Gasteiger partial charge is 0.0853 e. The third kappa shape index (κ3) is 3.79. The van der Waals surface area contributed by atoms with Gasteiger partial charge in [-0.1, -0.05) is 56.6 Å². The quantitative estimate of drug-likeness (QED) is 0.419. The van der Waals surface area contributed by atoms with Crippen LogP contribution in [-0.2, 0) is 0 Å². The molecule has 1 aliphatic rings. The van der Waals surface area contributed by atoms with Crippen molar-refractivity contribution in [3.63, 3.8) is 0 Å². The highest BCUT2D eigenvalue weighted by molar-refractivity contribution is 6.79. The topological polar surface area (TPSA) is 0 Å². The Kier molecular flexibility index (Phi) is 5.66. The van der Waals surface area contributed by atoms with Crippen LogP contribution in [0.4, 0.5) is 0 Å². The summed E-state index contributed by atoms with van der Waals surface area (Å²) in [5, 5.41) is 0. The summed E-state index contributed by atoms with van der Waals surface area (Å²) in [5.41, 5.74) is 1.79. The highest BCUT2D eigenvalue weighted by Crippen LogP contribution is 2.30. The first-order valence-corrected chi connectivity index (χ1v) is 9.77. The Hall–Kier alpha value is -0.0431. The van der Waals surface area contributed by atoms with Gasteiger partial charge in [0.2, 0.25) is 0 Å². The predicted molar refractivity (Wildman–Crippen MR) is 73.2 cm³/mol. The lowest BCUT2D eigenvalue weighted by Gasteiger charge is -2.29. The molecule has 0 saturated carbocycles. The van der Waals surface area contributed by atoms with E-state index in [0.29, 0.717) is 0 Å². The van der Waals surface area contributed by atoms with Gasteiger partial charge in [-0.3, -0.25) is 0 Å². The van der Waals surface area contributed by atoms with Gasteiger partial charge in [-0.15, -0.1) is 0 Å². The van der Waals surface area contributed by atoms with Crippen LogP contribution < -0.4 is 0 Å². The molecule has 0 aliphatic heterocycles. The van der Waals surface area contributed by atoms with Crippen molar-refractivity contribution in [3.8, 4) is 0 Å². The molecule has 1 heteroatoms. The summed E-state index contributed by atoms with van der Waals surface area (Å²) in [5.74, 6) is 0. The first kappa shape index (κ1) is 13.0. The Bertz CT molecular complexity index is 193. The van der Waals surface area contributed by atoms with Crippen LogP contribution in [0.3, 0.4) is 0 Å². The van der Waals surface area contributed by atoms with Crippen LogP contribution in [0.25, 0.3) is 0 Å². The molecule has 0 N–H and O–H groups in total. The Balaban J connectivity index is 2.42. The Morgan fingerprint density at radius 3 is 2.20 bits per heavy atom. The van der Waals surface area contributed by atoms with E-state index in [4.69, 9.17) is 0 Å². The molecule has 0 heterocycles. The van der Waals surface area contributed by atoms with Gasteiger partial charge in [0.1, 0.15) is 0 Å². The van der Waals surface area contributed by atoms with E-state index in [1.165, 1.54) is 50.2 Å². The average Bonchev–Trinajstić information content (AvgIpc) is 2.33. The van der Waals surface area contributed by atoms with E-state index < -0.39 is 8.07 Å². The molecule has 0 spiro atoms. The minimum Gasteiger partial charge on any atom is -0.0853 e. The van der Waals surface area contributed by atoms with Gasteiger partial charge in [0, 0.05) is 0 Å². The van der Waals surface area contributed by atoms with E-state index in [1.807, 2.05) is 0 Å². The summed E-state index contributed by atoms with van der Waals surface area (Å²) in [6, 6.07) is 6.04. The highest BCUT2D eigenvalue weighted by Gasteiger charge is 2.26. The molecule has 0 atom stereocenters. The van der Waals surface area contributed by atoms with Gasteiger partial charge in [-0.25, -0.2) is 0 Å². The maximum Gasteiger partial charge on any atom is 0.0530 e. The zero-order valence-electron chi connectivity index (χ0n) is 10.9. The van der Waals surface area contributed by atoms with Gasteiger partial charge < -0.3 is 0 Å². The van der Waals surface area contributed by atoms with Crippen molar-refractivity contribution in [2.45, 2.75) is 77.1 Å². The fraction of sp³-hybridized carbons (Fsp3) is 0.857. The third-order valence-electron chi connectivity index (χ3n) is 4.61. The summed E-state index contributed by atoms with van der Waals surface area (Å²) in [7, 11) is -0.842. The average molecular weight is 224 g/mol. The molecule has 0 aromatic carbocycles. The summed E-state index contributed by atoms with van der Waals surface area (Å²) in [4.78, 5) is 0. The van der Waals surface area contributed by atoms with Crippen molar-refractivity contribution in [1.29, 1.82) is 0 Å². The van der Waals surface area contributed by atoms with Gasteiger partial charge in [-0.05, 0) is 32.1 Å². The molecule has 0 bridgehead atoms. The first-order chi connectivity index (χ1) is 7.26. The molecule has 1 rings (SSSR count). The predicted octanol–water partition coefficient (Wildman–Crippen LogP) is 5.39. The Morgan fingerprint density at radius 1 is 1.07 bits per heavy atom. The van der Waals surface area contributed by atoms with Crippen LogP contribution >= 0.6 is 0 Å². The van der Waals surface area contributed by atoms with Gasteiger partial charge in [0.15, 0.2) is 0 Å². The number of rotatable bonds is 6. The molecular weight excluding hydrogens is 196 g/mol. The fourth-order valence-electron chi connectivity index (χ4n) is 2.84. The number of hydrogen-bond donors (Lipinski definition) is 0. The van der Waals surface area contributed by atoms with E-state index >= 15 is 0 Å². The Morgan fingerprint density at radius 2 is 1.73 bits per heavy atom. The van der Waals surface area contributed by atoms with Crippen LogP contribution in [0.5, 0.6) is 0 Å². The van der Waals surface area contributed by atoms with E-state index in [-0.39, 0.29) is 0 Å². The van der Waals surface area contributed by atoms with Crippen LogP contribution in [0.15, 0.2) is 11.6 Å². The lowest BCUT2D eigenvalue weighted by molar-refractivity contribution is 0.682. The van der Waals surface area contributed by atoms with E-state index in [2.05, 4.69) is 26.8 Å². The smallest absolute Gasteiger partial charge is 0.0530 e. The highest BCUT2D eigenvalue weighted by atomic mass is 28.3. The van der Waals surface area contributed by atoms with Crippen LogP contribution in [0, 0.1) is 0 Å². The van der Waals surface area contributed by atoms with Crippen LogP contribution in [-0.4, -0.2) is 8.07 Å².